The van der Waals surface area contributed by atoms with Gasteiger partial charge in [-0.05, 0) is 6.42 Å². The number of nitrogens with zero attached hydrogens (tertiary/aromatic N) is 1. The van der Waals surface area contributed by atoms with Crippen LogP contribution in [-0.2, 0) is 11.8 Å². The summed E-state index contributed by atoms with van der Waals surface area (Å²) in [6, 6.07) is 0. The summed E-state index contributed by atoms with van der Waals surface area (Å²) in [5.74, 6) is 0. The lowest BCUT2D eigenvalue weighted by molar-refractivity contribution is 0.571. The average molecular weight is 288 g/mol. The van der Waals surface area contributed by atoms with Gasteiger partial charge in [0.15, 0.2) is 0 Å². The summed E-state index contributed by atoms with van der Waals surface area (Å²) in [6.45, 7) is 6.60. The molecule has 0 saturated carbocycles. The van der Waals surface area contributed by atoms with Crippen LogP contribution in [0.5, 0.6) is 0 Å². The fourth-order valence-electron chi connectivity index (χ4n) is 1.11. The molecular weight excluding hydrogens is 270 g/mol. The summed E-state index contributed by atoms with van der Waals surface area (Å²) in [4.78, 5) is 4.63. The lowest BCUT2D eigenvalue weighted by Crippen LogP contribution is -2.11. The van der Waals surface area contributed by atoms with E-state index in [1.165, 1.54) is 10.7 Å². The predicted octanol–water partition coefficient (Wildman–Crippen LogP) is 4.32. The van der Waals surface area contributed by atoms with E-state index in [0.717, 1.165) is 18.2 Å². The molecule has 1 nitrogen and oxygen atoms in total. The van der Waals surface area contributed by atoms with Crippen LogP contribution < -0.4 is 0 Å². The molecule has 0 radical (unpaired) electrons. The Bertz CT molecular complexity index is 323. The fraction of sp³-hybridized carbons (Fsp3) is 0.583. The van der Waals surface area contributed by atoms with Crippen molar-refractivity contribution >= 4 is 27.3 Å². The van der Waals surface area contributed by atoms with Crippen LogP contribution >= 0.6 is 27.3 Å². The highest BCUT2D eigenvalue weighted by molar-refractivity contribution is 9.09. The second kappa shape index (κ2) is 5.80. The zero-order valence-corrected chi connectivity index (χ0v) is 12.0. The number of alkyl halides is 1. The van der Waals surface area contributed by atoms with E-state index in [1.54, 1.807) is 11.3 Å². The molecule has 1 rings (SSSR count). The number of rotatable bonds is 4. The van der Waals surface area contributed by atoms with Crippen LogP contribution in [0, 0.1) is 0 Å². The van der Waals surface area contributed by atoms with Gasteiger partial charge in [-0.15, -0.1) is 11.3 Å². The van der Waals surface area contributed by atoms with Gasteiger partial charge in [-0.2, -0.15) is 0 Å². The molecule has 0 atom stereocenters. The molecule has 0 amide bonds. The predicted molar refractivity (Wildman–Crippen MR) is 72.1 cm³/mol. The third kappa shape index (κ3) is 4.47. The molecule has 1 aromatic rings. The highest BCUT2D eigenvalue weighted by atomic mass is 79.9. The zero-order chi connectivity index (χ0) is 11.3. The Balaban J connectivity index is 2.54. The van der Waals surface area contributed by atoms with Crippen LogP contribution in [-0.4, -0.2) is 10.3 Å². The summed E-state index contributed by atoms with van der Waals surface area (Å²) in [5, 5.41) is 4.42. The quantitative estimate of drug-likeness (QED) is 0.594. The van der Waals surface area contributed by atoms with Gasteiger partial charge in [0.1, 0.15) is 0 Å². The van der Waals surface area contributed by atoms with Crippen molar-refractivity contribution in [1.82, 2.24) is 4.98 Å². The monoisotopic (exact) mass is 287 g/mol. The van der Waals surface area contributed by atoms with Gasteiger partial charge in [0.05, 0.1) is 10.7 Å². The molecule has 3 heteroatoms. The van der Waals surface area contributed by atoms with E-state index < -0.39 is 0 Å². The standard InChI is InChI=1S/C12H18BrNS/c1-12(2,3)10-9-15-11(14-10)7-5-4-6-8-13/h4-5,9H,6-8H2,1-3H3. The van der Waals surface area contributed by atoms with Crippen molar-refractivity contribution in [1.29, 1.82) is 0 Å². The number of halogens is 1. The lowest BCUT2D eigenvalue weighted by atomic mass is 9.93. The molecule has 84 valence electrons. The third-order valence-corrected chi connectivity index (χ3v) is 3.38. The smallest absolute Gasteiger partial charge is 0.0966 e. The maximum Gasteiger partial charge on any atom is 0.0966 e. The number of allylic oxidation sites excluding steroid dienone is 2. The van der Waals surface area contributed by atoms with Crippen molar-refractivity contribution in [3.05, 3.63) is 28.2 Å². The molecule has 0 aromatic carbocycles. The first-order chi connectivity index (χ1) is 7.04. The Morgan fingerprint density at radius 3 is 2.67 bits per heavy atom. The van der Waals surface area contributed by atoms with Gasteiger partial charge in [0, 0.05) is 22.5 Å². The van der Waals surface area contributed by atoms with Gasteiger partial charge in [-0.25, -0.2) is 4.98 Å². The summed E-state index contributed by atoms with van der Waals surface area (Å²) >= 11 is 5.16. The van der Waals surface area contributed by atoms with Crippen molar-refractivity contribution in [3.63, 3.8) is 0 Å². The van der Waals surface area contributed by atoms with Gasteiger partial charge < -0.3 is 0 Å². The summed E-state index contributed by atoms with van der Waals surface area (Å²) < 4.78 is 0. The Labute approximate surface area is 105 Å². The average Bonchev–Trinajstić information content (AvgIpc) is 2.60. The van der Waals surface area contributed by atoms with Crippen molar-refractivity contribution in [2.75, 3.05) is 5.33 Å². The molecule has 0 aliphatic carbocycles. The largest absolute Gasteiger partial charge is 0.245 e. The summed E-state index contributed by atoms with van der Waals surface area (Å²) in [7, 11) is 0. The topological polar surface area (TPSA) is 12.9 Å². The van der Waals surface area contributed by atoms with Crippen LogP contribution in [0.15, 0.2) is 17.5 Å². The molecule has 1 aromatic heterocycles. The SMILES string of the molecule is CC(C)(C)c1csc(CC=CCCBr)n1. The number of thiazole rings is 1. The van der Waals surface area contributed by atoms with Gasteiger partial charge in [0.2, 0.25) is 0 Å². The number of aromatic nitrogens is 1. The number of hydrogen-bond acceptors (Lipinski definition) is 2. The van der Waals surface area contributed by atoms with Crippen LogP contribution in [0.1, 0.15) is 37.9 Å². The van der Waals surface area contributed by atoms with E-state index >= 15 is 0 Å². The minimum atomic E-state index is 0.175. The molecule has 0 bridgehead atoms. The second-order valence-corrected chi connectivity index (χ2v) is 6.27. The van der Waals surface area contributed by atoms with Crippen LogP contribution in [0.2, 0.25) is 0 Å². The highest BCUT2D eigenvalue weighted by Crippen LogP contribution is 2.24. The van der Waals surface area contributed by atoms with Crippen LogP contribution in [0.25, 0.3) is 0 Å². The Morgan fingerprint density at radius 2 is 2.13 bits per heavy atom. The highest BCUT2D eigenvalue weighted by Gasteiger charge is 2.16. The van der Waals surface area contributed by atoms with Crippen molar-refractivity contribution in [3.8, 4) is 0 Å². The molecule has 15 heavy (non-hydrogen) atoms. The van der Waals surface area contributed by atoms with E-state index in [9.17, 15) is 0 Å². The Kier molecular flexibility index (Phi) is 5.00. The first kappa shape index (κ1) is 12.9. The molecule has 0 spiro atoms. The Morgan fingerprint density at radius 1 is 1.40 bits per heavy atom. The van der Waals surface area contributed by atoms with Gasteiger partial charge in [0.25, 0.3) is 0 Å². The zero-order valence-electron chi connectivity index (χ0n) is 9.59. The summed E-state index contributed by atoms with van der Waals surface area (Å²) in [6.07, 6.45) is 6.46. The van der Waals surface area contributed by atoms with Gasteiger partial charge in [-0.3, -0.25) is 0 Å². The minimum Gasteiger partial charge on any atom is -0.245 e. The van der Waals surface area contributed by atoms with E-state index in [0.29, 0.717) is 0 Å². The Hall–Kier alpha value is -0.150. The normalized spacial score (nSPS) is 12.5. The minimum absolute atomic E-state index is 0.175. The van der Waals surface area contributed by atoms with Gasteiger partial charge in [-0.1, -0.05) is 48.9 Å². The lowest BCUT2D eigenvalue weighted by Gasteiger charge is -2.14. The van der Waals surface area contributed by atoms with E-state index in [-0.39, 0.29) is 5.41 Å². The maximum absolute atomic E-state index is 4.63. The third-order valence-electron chi connectivity index (χ3n) is 2.06. The fourth-order valence-corrected chi connectivity index (χ4v) is 2.38. The molecule has 0 aliphatic heterocycles. The summed E-state index contributed by atoms with van der Waals surface area (Å²) in [5.41, 5.74) is 1.38. The maximum atomic E-state index is 4.63. The molecule has 1 heterocycles. The van der Waals surface area contributed by atoms with Gasteiger partial charge >= 0.3 is 0 Å². The molecule has 0 fully saturated rings. The van der Waals surface area contributed by atoms with E-state index in [1.807, 2.05) is 0 Å². The van der Waals surface area contributed by atoms with Crippen molar-refractivity contribution < 1.29 is 0 Å². The van der Waals surface area contributed by atoms with Crippen LogP contribution in [0.4, 0.5) is 0 Å². The van der Waals surface area contributed by atoms with Crippen LogP contribution in [0.3, 0.4) is 0 Å². The van der Waals surface area contributed by atoms with Crippen molar-refractivity contribution in [2.45, 2.75) is 39.0 Å². The molecule has 0 saturated heterocycles. The second-order valence-electron chi connectivity index (χ2n) is 4.53. The first-order valence-corrected chi connectivity index (χ1v) is 7.20. The number of hydrogen-bond donors (Lipinski definition) is 0. The molecular formula is C12H18BrNS. The molecule has 0 aliphatic rings. The molecule has 0 N–H and O–H groups in total. The van der Waals surface area contributed by atoms with E-state index in [4.69, 9.17) is 0 Å². The first-order valence-electron chi connectivity index (χ1n) is 5.20. The van der Waals surface area contributed by atoms with Crippen molar-refractivity contribution in [2.24, 2.45) is 0 Å². The van der Waals surface area contributed by atoms with E-state index in [2.05, 4.69) is 59.2 Å². The molecule has 0 unspecified atom stereocenters.